The van der Waals surface area contributed by atoms with E-state index >= 15 is 0 Å². The Labute approximate surface area is 179 Å². The first-order valence-corrected chi connectivity index (χ1v) is 10.2. The largest absolute Gasteiger partial charge is 0.379 e. The van der Waals surface area contributed by atoms with Crippen molar-refractivity contribution in [1.82, 2.24) is 20.5 Å². The Balaban J connectivity index is 0.00000338. The molecule has 1 aromatic heterocycles. The van der Waals surface area contributed by atoms with Crippen LogP contribution in [0.5, 0.6) is 0 Å². The molecule has 0 aromatic carbocycles. The summed E-state index contributed by atoms with van der Waals surface area (Å²) < 4.78 is 5.53. The second kappa shape index (κ2) is 12.9. The number of guanidine groups is 1. The lowest BCUT2D eigenvalue weighted by molar-refractivity contribution is 0.00272. The lowest BCUT2D eigenvalue weighted by Crippen LogP contribution is -2.53. The van der Waals surface area contributed by atoms with Gasteiger partial charge in [-0.3, -0.25) is 9.89 Å². The van der Waals surface area contributed by atoms with Crippen molar-refractivity contribution in [2.45, 2.75) is 46.2 Å². The first-order valence-electron chi connectivity index (χ1n) is 9.35. The minimum Gasteiger partial charge on any atom is -0.379 e. The van der Waals surface area contributed by atoms with Gasteiger partial charge in [-0.05, 0) is 12.8 Å². The van der Waals surface area contributed by atoms with Gasteiger partial charge in [0.15, 0.2) is 5.96 Å². The molecule has 6 nitrogen and oxygen atoms in total. The van der Waals surface area contributed by atoms with E-state index in [0.717, 1.165) is 43.8 Å². The van der Waals surface area contributed by atoms with E-state index < -0.39 is 0 Å². The number of aromatic nitrogens is 1. The van der Waals surface area contributed by atoms with Crippen molar-refractivity contribution in [3.05, 3.63) is 16.1 Å². The summed E-state index contributed by atoms with van der Waals surface area (Å²) in [6.07, 6.45) is 4.31. The maximum absolute atomic E-state index is 5.53. The Hall–Kier alpha value is -0.450. The molecule has 0 aliphatic carbocycles. The molecule has 1 fully saturated rings. The van der Waals surface area contributed by atoms with Gasteiger partial charge in [0.25, 0.3) is 0 Å². The van der Waals surface area contributed by atoms with E-state index in [0.29, 0.717) is 18.5 Å². The number of thiazole rings is 1. The quantitative estimate of drug-likeness (QED) is 0.330. The predicted octanol–water partition coefficient (Wildman–Crippen LogP) is 2.87. The number of aliphatic imine (C=N–C) groups is 1. The van der Waals surface area contributed by atoms with Gasteiger partial charge in [0.05, 0.1) is 19.8 Å². The Morgan fingerprint density at radius 2 is 2.00 bits per heavy atom. The lowest BCUT2D eigenvalue weighted by atomic mass is 9.92. The predicted molar refractivity (Wildman–Crippen MR) is 121 cm³/mol. The molecule has 1 aliphatic rings. The minimum absolute atomic E-state index is 0. The molecule has 1 aliphatic heterocycles. The van der Waals surface area contributed by atoms with Gasteiger partial charge in [-0.15, -0.1) is 35.3 Å². The highest BCUT2D eigenvalue weighted by atomic mass is 127. The Bertz CT molecular complexity index is 529. The molecule has 2 heterocycles. The molecule has 1 unspecified atom stereocenters. The van der Waals surface area contributed by atoms with Gasteiger partial charge >= 0.3 is 0 Å². The van der Waals surface area contributed by atoms with Gasteiger partial charge in [0.1, 0.15) is 5.01 Å². The third kappa shape index (κ3) is 7.28. The first-order chi connectivity index (χ1) is 12.2. The van der Waals surface area contributed by atoms with E-state index in [4.69, 9.17) is 4.74 Å². The fraction of sp³-hybridized carbons (Fsp3) is 0.778. The van der Waals surface area contributed by atoms with Crippen molar-refractivity contribution in [2.24, 2.45) is 10.9 Å². The van der Waals surface area contributed by atoms with Gasteiger partial charge < -0.3 is 15.4 Å². The molecule has 0 spiro atoms. The van der Waals surface area contributed by atoms with E-state index in [1.807, 2.05) is 13.2 Å². The summed E-state index contributed by atoms with van der Waals surface area (Å²) >= 11 is 1.72. The van der Waals surface area contributed by atoms with E-state index in [1.165, 1.54) is 17.7 Å². The lowest BCUT2D eigenvalue weighted by Gasteiger charge is -2.39. The normalized spacial score (nSPS) is 17.0. The average Bonchev–Trinajstić information content (AvgIpc) is 3.07. The topological polar surface area (TPSA) is 61.8 Å². The maximum Gasteiger partial charge on any atom is 0.191 e. The van der Waals surface area contributed by atoms with Crippen LogP contribution < -0.4 is 10.6 Å². The smallest absolute Gasteiger partial charge is 0.191 e. The Kier molecular flexibility index (Phi) is 11.7. The maximum atomic E-state index is 5.53. The molecule has 26 heavy (non-hydrogen) atoms. The fourth-order valence-corrected chi connectivity index (χ4v) is 4.13. The van der Waals surface area contributed by atoms with Crippen molar-refractivity contribution in [3.63, 3.8) is 0 Å². The number of aryl methyl sites for hydroxylation is 1. The van der Waals surface area contributed by atoms with Crippen LogP contribution in [0.3, 0.4) is 0 Å². The molecule has 150 valence electrons. The standard InChI is InChI=1S/C18H33N5OS.HI/c1-5-15(6-2)16(23-7-9-24-10-8-23)12-21-18(19-4)22-13-17-20-11-14(3)25-17;/h11,15-16H,5-10,12-13H2,1-4H3,(H2,19,21,22);1H. The van der Waals surface area contributed by atoms with Crippen molar-refractivity contribution < 1.29 is 4.74 Å². The van der Waals surface area contributed by atoms with E-state index in [9.17, 15) is 0 Å². The van der Waals surface area contributed by atoms with Crippen LogP contribution in [0.15, 0.2) is 11.2 Å². The van der Waals surface area contributed by atoms with Crippen LogP contribution in [0.4, 0.5) is 0 Å². The molecule has 1 atom stereocenters. The van der Waals surface area contributed by atoms with Crippen LogP contribution in [0.25, 0.3) is 0 Å². The number of hydrogen-bond acceptors (Lipinski definition) is 5. The minimum atomic E-state index is 0. The summed E-state index contributed by atoms with van der Waals surface area (Å²) in [5, 5.41) is 7.99. The third-order valence-electron chi connectivity index (χ3n) is 4.89. The highest BCUT2D eigenvalue weighted by Crippen LogP contribution is 2.19. The molecule has 1 aromatic rings. The molecule has 0 radical (unpaired) electrons. The Morgan fingerprint density at radius 3 is 2.54 bits per heavy atom. The second-order valence-electron chi connectivity index (χ2n) is 6.46. The van der Waals surface area contributed by atoms with Gasteiger partial charge in [0.2, 0.25) is 0 Å². The van der Waals surface area contributed by atoms with E-state index in [-0.39, 0.29) is 24.0 Å². The monoisotopic (exact) mass is 495 g/mol. The summed E-state index contributed by atoms with van der Waals surface area (Å²) in [4.78, 5) is 12.6. The summed E-state index contributed by atoms with van der Waals surface area (Å²) in [7, 11) is 1.82. The highest BCUT2D eigenvalue weighted by Gasteiger charge is 2.26. The van der Waals surface area contributed by atoms with Gasteiger partial charge in [0, 0.05) is 43.8 Å². The number of halogens is 1. The molecule has 0 amide bonds. The molecule has 8 heteroatoms. The molecular weight excluding hydrogens is 461 g/mol. The van der Waals surface area contributed by atoms with Crippen LogP contribution >= 0.6 is 35.3 Å². The Morgan fingerprint density at radius 1 is 1.31 bits per heavy atom. The fourth-order valence-electron chi connectivity index (χ4n) is 3.40. The van der Waals surface area contributed by atoms with Crippen molar-refractivity contribution in [3.8, 4) is 0 Å². The summed E-state index contributed by atoms with van der Waals surface area (Å²) in [6.45, 7) is 12.0. The van der Waals surface area contributed by atoms with Gasteiger partial charge in [-0.25, -0.2) is 4.98 Å². The van der Waals surface area contributed by atoms with Crippen LogP contribution in [0, 0.1) is 12.8 Å². The van der Waals surface area contributed by atoms with Crippen LogP contribution in [0.2, 0.25) is 0 Å². The molecular formula is C18H34IN5OS. The number of nitrogens with zero attached hydrogens (tertiary/aromatic N) is 3. The van der Waals surface area contributed by atoms with E-state index in [1.54, 1.807) is 11.3 Å². The van der Waals surface area contributed by atoms with Gasteiger partial charge in [-0.2, -0.15) is 0 Å². The van der Waals surface area contributed by atoms with Crippen molar-refractivity contribution in [1.29, 1.82) is 0 Å². The zero-order chi connectivity index (χ0) is 18.1. The average molecular weight is 495 g/mol. The summed E-state index contributed by atoms with van der Waals surface area (Å²) in [5.41, 5.74) is 0. The SMILES string of the molecule is CCC(CC)C(CNC(=NC)NCc1ncc(C)s1)N1CCOCC1.I. The highest BCUT2D eigenvalue weighted by molar-refractivity contribution is 14.0. The number of nitrogens with one attached hydrogen (secondary N) is 2. The summed E-state index contributed by atoms with van der Waals surface area (Å²) in [5.74, 6) is 1.53. The van der Waals surface area contributed by atoms with Gasteiger partial charge in [-0.1, -0.05) is 26.7 Å². The first kappa shape index (κ1) is 23.6. The zero-order valence-corrected chi connectivity index (χ0v) is 19.6. The molecule has 0 saturated carbocycles. The van der Waals surface area contributed by atoms with Crippen molar-refractivity contribution >= 4 is 41.3 Å². The number of ether oxygens (including phenoxy) is 1. The number of hydrogen-bond donors (Lipinski definition) is 2. The van der Waals surface area contributed by atoms with Crippen LogP contribution in [-0.4, -0.2) is 61.8 Å². The molecule has 0 bridgehead atoms. The van der Waals surface area contributed by atoms with Crippen LogP contribution in [0.1, 0.15) is 36.6 Å². The second-order valence-corrected chi connectivity index (χ2v) is 7.78. The molecule has 1 saturated heterocycles. The third-order valence-corrected chi connectivity index (χ3v) is 5.80. The molecule has 2 rings (SSSR count). The number of rotatable bonds is 8. The zero-order valence-electron chi connectivity index (χ0n) is 16.5. The summed E-state index contributed by atoms with van der Waals surface area (Å²) in [6, 6.07) is 0.513. The number of morpholine rings is 1. The van der Waals surface area contributed by atoms with Crippen LogP contribution in [-0.2, 0) is 11.3 Å². The van der Waals surface area contributed by atoms with Crippen molar-refractivity contribution in [2.75, 3.05) is 39.9 Å². The molecule has 2 N–H and O–H groups in total. The van der Waals surface area contributed by atoms with E-state index in [2.05, 4.69) is 46.3 Å².